The van der Waals surface area contributed by atoms with Crippen molar-refractivity contribution in [2.24, 2.45) is 5.73 Å². The summed E-state index contributed by atoms with van der Waals surface area (Å²) in [7, 11) is 0. The molecule has 0 radical (unpaired) electrons. The van der Waals surface area contributed by atoms with Crippen molar-refractivity contribution in [3.63, 3.8) is 0 Å². The highest BCUT2D eigenvalue weighted by Gasteiger charge is 2.01. The zero-order valence-corrected chi connectivity index (χ0v) is 12.8. The van der Waals surface area contributed by atoms with E-state index >= 15 is 0 Å². The Morgan fingerprint density at radius 1 is 0.647 bits per heavy atom. The molecule has 2 heteroatoms. The van der Waals surface area contributed by atoms with Crippen LogP contribution in [0.15, 0.2) is 0 Å². The van der Waals surface area contributed by atoms with Gasteiger partial charge in [-0.3, -0.25) is 0 Å². The standard InChI is InChI=1S/C12H27N.C3H9N/c1-4-7-10-13(11-8-5-2)12-9-6-3;1-2-3-4/h4-12H2,1-3H3;2-4H2,1H3. The highest BCUT2D eigenvalue weighted by molar-refractivity contribution is 4.57. The van der Waals surface area contributed by atoms with Crippen LogP contribution in [-0.2, 0) is 0 Å². The monoisotopic (exact) mass is 244 g/mol. The van der Waals surface area contributed by atoms with Crippen molar-refractivity contribution in [1.29, 1.82) is 0 Å². The number of hydrogen-bond donors (Lipinski definition) is 1. The maximum atomic E-state index is 5.03. The van der Waals surface area contributed by atoms with E-state index < -0.39 is 0 Å². The maximum Gasteiger partial charge on any atom is -0.00188 e. The maximum absolute atomic E-state index is 5.03. The van der Waals surface area contributed by atoms with Gasteiger partial charge in [-0.1, -0.05) is 47.0 Å². The van der Waals surface area contributed by atoms with Gasteiger partial charge in [0.25, 0.3) is 0 Å². The van der Waals surface area contributed by atoms with Crippen LogP contribution in [0.2, 0.25) is 0 Å². The Morgan fingerprint density at radius 2 is 0.941 bits per heavy atom. The second kappa shape index (κ2) is 18.3. The molecular weight excluding hydrogens is 208 g/mol. The summed E-state index contributed by atoms with van der Waals surface area (Å²) >= 11 is 0. The summed E-state index contributed by atoms with van der Waals surface area (Å²) in [5.74, 6) is 0. The number of nitrogens with zero attached hydrogens (tertiary/aromatic N) is 1. The minimum Gasteiger partial charge on any atom is -0.330 e. The minimum atomic E-state index is 0.819. The molecule has 0 aromatic rings. The van der Waals surface area contributed by atoms with Crippen LogP contribution >= 0.6 is 0 Å². The molecule has 2 nitrogen and oxygen atoms in total. The van der Waals surface area contributed by atoms with Crippen molar-refractivity contribution in [3.05, 3.63) is 0 Å². The summed E-state index contributed by atoms with van der Waals surface area (Å²) in [6.07, 6.45) is 9.19. The first kappa shape index (κ1) is 19.3. The Kier molecular flexibility index (Phi) is 20.7. The number of rotatable bonds is 10. The molecule has 106 valence electrons. The zero-order chi connectivity index (χ0) is 13.4. The van der Waals surface area contributed by atoms with Crippen LogP contribution in [-0.4, -0.2) is 31.1 Å². The van der Waals surface area contributed by atoms with Crippen molar-refractivity contribution >= 4 is 0 Å². The van der Waals surface area contributed by atoms with Gasteiger partial charge in [-0.25, -0.2) is 0 Å². The molecule has 0 saturated carbocycles. The lowest BCUT2D eigenvalue weighted by molar-refractivity contribution is 0.261. The van der Waals surface area contributed by atoms with Crippen LogP contribution in [0.4, 0.5) is 0 Å². The molecule has 0 fully saturated rings. The molecule has 0 aliphatic heterocycles. The highest BCUT2D eigenvalue weighted by atomic mass is 15.1. The van der Waals surface area contributed by atoms with E-state index in [4.69, 9.17) is 5.73 Å². The largest absolute Gasteiger partial charge is 0.330 e. The molecule has 0 aliphatic rings. The fourth-order valence-corrected chi connectivity index (χ4v) is 1.48. The lowest BCUT2D eigenvalue weighted by Crippen LogP contribution is -2.27. The average Bonchev–Trinajstić information content (AvgIpc) is 2.38. The lowest BCUT2D eigenvalue weighted by Gasteiger charge is -2.21. The first-order valence-corrected chi connectivity index (χ1v) is 7.69. The predicted octanol–water partition coefficient (Wildman–Crippen LogP) is 4.04. The number of hydrogen-bond acceptors (Lipinski definition) is 2. The number of nitrogens with two attached hydrogens (primary N) is 1. The van der Waals surface area contributed by atoms with Crippen molar-refractivity contribution in [1.82, 2.24) is 4.90 Å². The molecule has 0 bridgehead atoms. The van der Waals surface area contributed by atoms with Crippen LogP contribution in [0.25, 0.3) is 0 Å². The molecular formula is C15H36N2. The third kappa shape index (κ3) is 18.5. The lowest BCUT2D eigenvalue weighted by atomic mass is 10.2. The SMILES string of the molecule is CCCCN(CCCC)CCCC.CCCN. The molecule has 0 spiro atoms. The van der Waals surface area contributed by atoms with Gasteiger partial charge in [0.05, 0.1) is 0 Å². The van der Waals surface area contributed by atoms with Gasteiger partial charge in [-0.15, -0.1) is 0 Å². The summed E-state index contributed by atoms with van der Waals surface area (Å²) in [6.45, 7) is 13.6. The van der Waals surface area contributed by atoms with Gasteiger partial charge in [-0.05, 0) is 51.9 Å². The van der Waals surface area contributed by atoms with E-state index in [1.165, 1.54) is 58.2 Å². The molecule has 17 heavy (non-hydrogen) atoms. The van der Waals surface area contributed by atoms with E-state index in [-0.39, 0.29) is 0 Å². The van der Waals surface area contributed by atoms with Gasteiger partial charge >= 0.3 is 0 Å². The topological polar surface area (TPSA) is 29.3 Å². The summed E-state index contributed by atoms with van der Waals surface area (Å²) in [6, 6.07) is 0. The quantitative estimate of drug-likeness (QED) is 0.628. The third-order valence-electron chi connectivity index (χ3n) is 2.77. The Bertz CT molecular complexity index is 94.5. The van der Waals surface area contributed by atoms with Crippen molar-refractivity contribution in [2.75, 3.05) is 26.2 Å². The van der Waals surface area contributed by atoms with Crippen molar-refractivity contribution in [2.45, 2.75) is 72.6 Å². The molecule has 0 rings (SSSR count). The van der Waals surface area contributed by atoms with Crippen LogP contribution in [0, 0.1) is 0 Å². The van der Waals surface area contributed by atoms with Gasteiger partial charge in [-0.2, -0.15) is 0 Å². The molecule has 0 atom stereocenters. The molecule has 0 amide bonds. The highest BCUT2D eigenvalue weighted by Crippen LogP contribution is 2.01. The van der Waals surface area contributed by atoms with E-state index in [0.29, 0.717) is 0 Å². The van der Waals surface area contributed by atoms with E-state index in [1.54, 1.807) is 0 Å². The molecule has 0 unspecified atom stereocenters. The third-order valence-corrected chi connectivity index (χ3v) is 2.77. The normalized spacial score (nSPS) is 10.2. The van der Waals surface area contributed by atoms with Gasteiger partial charge in [0.2, 0.25) is 0 Å². The van der Waals surface area contributed by atoms with Gasteiger partial charge in [0.1, 0.15) is 0 Å². The summed E-state index contributed by atoms with van der Waals surface area (Å²) in [5, 5.41) is 0. The molecule has 0 heterocycles. The van der Waals surface area contributed by atoms with Crippen LogP contribution in [0.5, 0.6) is 0 Å². The Morgan fingerprint density at radius 3 is 1.12 bits per heavy atom. The van der Waals surface area contributed by atoms with E-state index in [1.807, 2.05) is 0 Å². The van der Waals surface area contributed by atoms with Crippen LogP contribution in [0.3, 0.4) is 0 Å². The molecule has 0 aromatic heterocycles. The molecule has 0 aliphatic carbocycles. The molecule has 0 saturated heterocycles. The van der Waals surface area contributed by atoms with Gasteiger partial charge < -0.3 is 10.6 Å². The average molecular weight is 244 g/mol. The van der Waals surface area contributed by atoms with Crippen molar-refractivity contribution < 1.29 is 0 Å². The summed E-state index contributed by atoms with van der Waals surface area (Å²) in [4.78, 5) is 2.64. The summed E-state index contributed by atoms with van der Waals surface area (Å²) in [5.41, 5.74) is 5.03. The van der Waals surface area contributed by atoms with Crippen molar-refractivity contribution in [3.8, 4) is 0 Å². The first-order valence-electron chi connectivity index (χ1n) is 7.69. The van der Waals surface area contributed by atoms with E-state index in [9.17, 15) is 0 Å². The van der Waals surface area contributed by atoms with E-state index in [0.717, 1.165) is 13.0 Å². The Hall–Kier alpha value is -0.0800. The second-order valence-corrected chi connectivity index (χ2v) is 4.69. The number of unbranched alkanes of at least 4 members (excludes halogenated alkanes) is 3. The zero-order valence-electron chi connectivity index (χ0n) is 12.8. The van der Waals surface area contributed by atoms with E-state index in [2.05, 4.69) is 32.6 Å². The van der Waals surface area contributed by atoms with Crippen LogP contribution in [0.1, 0.15) is 72.6 Å². The Balaban J connectivity index is 0. The van der Waals surface area contributed by atoms with Gasteiger partial charge in [0.15, 0.2) is 0 Å². The second-order valence-electron chi connectivity index (χ2n) is 4.69. The Labute approximate surface area is 110 Å². The minimum absolute atomic E-state index is 0.819. The fourth-order valence-electron chi connectivity index (χ4n) is 1.48. The first-order chi connectivity index (χ1) is 8.26. The molecule has 0 aromatic carbocycles. The summed E-state index contributed by atoms with van der Waals surface area (Å²) < 4.78 is 0. The smallest absolute Gasteiger partial charge is 0.00188 e. The van der Waals surface area contributed by atoms with Gasteiger partial charge in [0, 0.05) is 0 Å². The molecule has 2 N–H and O–H groups in total. The predicted molar refractivity (Wildman–Crippen MR) is 80.5 cm³/mol. The van der Waals surface area contributed by atoms with Crippen LogP contribution < -0.4 is 5.73 Å². The fraction of sp³-hybridized carbons (Fsp3) is 1.00.